The van der Waals surface area contributed by atoms with E-state index in [0.717, 1.165) is 25.7 Å². The van der Waals surface area contributed by atoms with Crippen molar-refractivity contribution in [2.45, 2.75) is 129 Å². The number of hydrogen-bond donors (Lipinski definition) is 2. The second-order valence-corrected chi connectivity index (χ2v) is 37.8. The average molecular weight is 573 g/mol. The van der Waals surface area contributed by atoms with E-state index in [-0.39, 0.29) is 11.3 Å². The van der Waals surface area contributed by atoms with Crippen molar-refractivity contribution in [3.8, 4) is 0 Å². The number of rotatable bonds is 16. The van der Waals surface area contributed by atoms with Crippen LogP contribution in [0.4, 0.5) is 0 Å². The summed E-state index contributed by atoms with van der Waals surface area (Å²) in [5, 5.41) is 0. The smallest absolute Gasteiger partial charge is 0.416 e. The van der Waals surface area contributed by atoms with Gasteiger partial charge in [0, 0.05) is 0 Å². The van der Waals surface area contributed by atoms with Crippen LogP contribution < -0.4 is 11.5 Å². The normalized spacial score (nSPS) is 16.7. The van der Waals surface area contributed by atoms with Gasteiger partial charge < -0.3 is 32.0 Å². The highest BCUT2D eigenvalue weighted by atomic mass is 28.5. The van der Waals surface area contributed by atoms with Crippen LogP contribution in [0.1, 0.15) is 39.5 Å². The molecule has 0 bridgehead atoms. The summed E-state index contributed by atoms with van der Waals surface area (Å²) in [5.74, 6) is 0. The van der Waals surface area contributed by atoms with E-state index in [9.17, 15) is 0 Å². The molecule has 13 heteroatoms. The van der Waals surface area contributed by atoms with Crippen molar-refractivity contribution in [3.63, 3.8) is 0 Å². The molecule has 0 saturated carbocycles. The Labute approximate surface area is 211 Å². The van der Waals surface area contributed by atoms with Crippen molar-refractivity contribution >= 4 is 50.9 Å². The van der Waals surface area contributed by atoms with Gasteiger partial charge in [-0.15, -0.1) is 0 Å². The SMILES string of the molecule is CCCC(N)[Si](O[Si](C)(C)C)(O[Si](C)(C)C)O[Si](O[Si](C)(C)C)(O[Si](C)(C)C)C(N)CCC. The van der Waals surface area contributed by atoms with Crippen molar-refractivity contribution in [3.05, 3.63) is 0 Å². The molecule has 0 aliphatic carbocycles. The van der Waals surface area contributed by atoms with Gasteiger partial charge in [0.1, 0.15) is 0 Å². The van der Waals surface area contributed by atoms with Crippen LogP contribution in [0.5, 0.6) is 0 Å². The summed E-state index contributed by atoms with van der Waals surface area (Å²) in [5.41, 5.74) is 13.1. The molecule has 0 radical (unpaired) electrons. The van der Waals surface area contributed by atoms with Gasteiger partial charge in [0.25, 0.3) is 0 Å². The Balaban J connectivity index is 7.08. The van der Waals surface area contributed by atoms with Crippen LogP contribution in [-0.2, 0) is 20.6 Å². The molecule has 2 atom stereocenters. The van der Waals surface area contributed by atoms with Crippen molar-refractivity contribution in [2.75, 3.05) is 0 Å². The van der Waals surface area contributed by atoms with Crippen molar-refractivity contribution in [2.24, 2.45) is 11.5 Å². The molecule has 0 spiro atoms. The van der Waals surface area contributed by atoms with Gasteiger partial charge in [-0.3, -0.25) is 0 Å². The van der Waals surface area contributed by atoms with E-state index in [2.05, 4.69) is 92.4 Å². The van der Waals surface area contributed by atoms with E-state index in [1.165, 1.54) is 0 Å². The fourth-order valence-corrected chi connectivity index (χ4v) is 26.9. The zero-order chi connectivity index (χ0) is 26.5. The summed E-state index contributed by atoms with van der Waals surface area (Å²) < 4.78 is 34.9. The Morgan fingerprint density at radius 2 is 0.667 bits per heavy atom. The summed E-state index contributed by atoms with van der Waals surface area (Å²) in [6.45, 7) is 30.2. The largest absolute Gasteiger partial charge is 0.490 e. The van der Waals surface area contributed by atoms with Crippen LogP contribution >= 0.6 is 0 Å². The first kappa shape index (κ1) is 34.0. The molecular weight excluding hydrogens is 517 g/mol. The molecule has 2 unspecified atom stereocenters. The molecule has 0 rings (SSSR count). The highest BCUT2D eigenvalue weighted by Gasteiger charge is 2.63. The molecule has 0 fully saturated rings. The molecule has 0 heterocycles. The summed E-state index contributed by atoms with van der Waals surface area (Å²) in [7, 11) is -15.3. The molecule has 4 N–H and O–H groups in total. The summed E-state index contributed by atoms with van der Waals surface area (Å²) in [6.07, 6.45) is 3.36. The van der Waals surface area contributed by atoms with Crippen molar-refractivity contribution in [1.29, 1.82) is 0 Å². The Hall–Kier alpha value is 1.02. The van der Waals surface area contributed by atoms with E-state index in [1.54, 1.807) is 0 Å². The Morgan fingerprint density at radius 1 is 0.455 bits per heavy atom. The molecule has 0 aromatic carbocycles. The van der Waals surface area contributed by atoms with E-state index in [1.807, 2.05) is 0 Å². The highest BCUT2D eigenvalue weighted by Crippen LogP contribution is 2.34. The molecule has 0 amide bonds. The standard InChI is InChI=1S/C20H56N2O5Si6/c1-15-17-19(21)32(23-28(3,4)5,24-29(6,7)8)27-33(20(22)18-16-2,25-30(9,10)11)26-31(12,13)14/h19-20H,15-18,21-22H2,1-14H3. The quantitative estimate of drug-likeness (QED) is 0.232. The fourth-order valence-electron chi connectivity index (χ4n) is 3.46. The van der Waals surface area contributed by atoms with Crippen LogP contribution in [0, 0.1) is 0 Å². The minimum atomic E-state index is -3.44. The summed E-state index contributed by atoms with van der Waals surface area (Å²) >= 11 is 0. The molecule has 0 saturated heterocycles. The Bertz CT molecular complexity index is 505. The lowest BCUT2D eigenvalue weighted by Gasteiger charge is -2.50. The Kier molecular flexibility index (Phi) is 12.9. The van der Waals surface area contributed by atoms with Crippen LogP contribution in [0.15, 0.2) is 0 Å². The number of nitrogens with two attached hydrogens (primary N) is 2. The number of hydrogen-bond acceptors (Lipinski definition) is 7. The highest BCUT2D eigenvalue weighted by molar-refractivity contribution is 6.93. The van der Waals surface area contributed by atoms with Gasteiger partial charge in [0.15, 0.2) is 33.3 Å². The average Bonchev–Trinajstić information content (AvgIpc) is 2.48. The third-order valence-corrected chi connectivity index (χ3v) is 23.2. The molecule has 0 aliphatic heterocycles. The van der Waals surface area contributed by atoms with E-state index < -0.39 is 50.9 Å². The van der Waals surface area contributed by atoms with Gasteiger partial charge in [0.05, 0.1) is 11.3 Å². The van der Waals surface area contributed by atoms with Gasteiger partial charge in [-0.05, 0) is 91.4 Å². The maximum Gasteiger partial charge on any atom is 0.490 e. The molecule has 0 aromatic heterocycles. The first-order chi connectivity index (χ1) is 14.5. The molecule has 7 nitrogen and oxygen atoms in total. The zero-order valence-corrected chi connectivity index (χ0v) is 30.2. The molecule has 200 valence electrons. The monoisotopic (exact) mass is 572 g/mol. The van der Waals surface area contributed by atoms with Crippen LogP contribution in [0.2, 0.25) is 78.6 Å². The third-order valence-electron chi connectivity index (χ3n) is 4.19. The maximum atomic E-state index is 7.24. The van der Waals surface area contributed by atoms with Gasteiger partial charge in [-0.1, -0.05) is 26.7 Å². The molecule has 33 heavy (non-hydrogen) atoms. The second kappa shape index (κ2) is 12.5. The predicted octanol–water partition coefficient (Wildman–Crippen LogP) is 5.62. The van der Waals surface area contributed by atoms with Gasteiger partial charge in [-0.25, -0.2) is 0 Å². The zero-order valence-electron chi connectivity index (χ0n) is 24.2. The fraction of sp³-hybridized carbons (Fsp3) is 1.00. The lowest BCUT2D eigenvalue weighted by atomic mass is 10.3. The molecule has 0 aliphatic rings. The van der Waals surface area contributed by atoms with E-state index in [0.29, 0.717) is 0 Å². The van der Waals surface area contributed by atoms with Gasteiger partial charge in [0.2, 0.25) is 0 Å². The van der Waals surface area contributed by atoms with Gasteiger partial charge in [-0.2, -0.15) is 0 Å². The van der Waals surface area contributed by atoms with E-state index in [4.69, 9.17) is 32.0 Å². The minimum Gasteiger partial charge on any atom is -0.416 e. The van der Waals surface area contributed by atoms with Crippen LogP contribution in [0.3, 0.4) is 0 Å². The van der Waals surface area contributed by atoms with Gasteiger partial charge >= 0.3 is 17.6 Å². The lowest BCUT2D eigenvalue weighted by molar-refractivity contribution is 0.154. The minimum absolute atomic E-state index is 0.350. The van der Waals surface area contributed by atoms with E-state index >= 15 is 0 Å². The molecule has 0 aromatic rings. The van der Waals surface area contributed by atoms with Crippen molar-refractivity contribution < 1.29 is 20.6 Å². The first-order valence-electron chi connectivity index (χ1n) is 12.5. The topological polar surface area (TPSA) is 98.2 Å². The third kappa shape index (κ3) is 13.2. The summed E-state index contributed by atoms with van der Waals surface area (Å²) in [6, 6.07) is 0. The lowest BCUT2D eigenvalue weighted by Crippen LogP contribution is -2.76. The second-order valence-electron chi connectivity index (χ2n) is 13.0. The Morgan fingerprint density at radius 3 is 0.818 bits per heavy atom. The van der Waals surface area contributed by atoms with Crippen molar-refractivity contribution in [1.82, 2.24) is 0 Å². The maximum absolute atomic E-state index is 7.24. The predicted molar refractivity (Wildman–Crippen MR) is 156 cm³/mol. The van der Waals surface area contributed by atoms with Crippen LogP contribution in [-0.4, -0.2) is 62.2 Å². The summed E-state index contributed by atoms with van der Waals surface area (Å²) in [4.78, 5) is 0. The molecular formula is C20H56N2O5Si6. The van der Waals surface area contributed by atoms with Crippen LogP contribution in [0.25, 0.3) is 0 Å². The first-order valence-corrected chi connectivity index (χ1v) is 29.8.